The van der Waals surface area contributed by atoms with Crippen LogP contribution in [0, 0.1) is 0 Å². The Balaban J connectivity index is 2.24. The molecule has 18 heavy (non-hydrogen) atoms. The number of aromatic nitrogens is 1. The van der Waals surface area contributed by atoms with Crippen LogP contribution in [0.3, 0.4) is 0 Å². The van der Waals surface area contributed by atoms with Crippen LogP contribution in [0.5, 0.6) is 0 Å². The number of likely N-dealkylation sites (N-methyl/N-ethyl adjacent to an activating group) is 1. The number of hydrogen-bond acceptors (Lipinski definition) is 2. The number of carboxylic acid groups (broad SMARTS) is 1. The fourth-order valence-corrected chi connectivity index (χ4v) is 2.06. The molecule has 2 aromatic rings. The molecule has 0 amide bonds. The largest absolute Gasteiger partial charge is 0.480 e. The SMILES string of the molecule is CC(C(=O)O)N(C)Cc1c[nH]c2cc(Cl)ccc12. The van der Waals surface area contributed by atoms with Gasteiger partial charge in [0.05, 0.1) is 0 Å². The topological polar surface area (TPSA) is 56.3 Å². The number of nitrogens with zero attached hydrogens (tertiary/aromatic N) is 1. The maximum Gasteiger partial charge on any atom is 0.320 e. The summed E-state index contributed by atoms with van der Waals surface area (Å²) in [6.45, 7) is 2.25. The van der Waals surface area contributed by atoms with E-state index >= 15 is 0 Å². The molecule has 1 aromatic carbocycles. The van der Waals surface area contributed by atoms with E-state index in [4.69, 9.17) is 16.7 Å². The summed E-state index contributed by atoms with van der Waals surface area (Å²) in [4.78, 5) is 15.8. The summed E-state index contributed by atoms with van der Waals surface area (Å²) in [5.41, 5.74) is 2.03. The lowest BCUT2D eigenvalue weighted by Crippen LogP contribution is -2.35. The quantitative estimate of drug-likeness (QED) is 0.895. The Hall–Kier alpha value is -1.52. The summed E-state index contributed by atoms with van der Waals surface area (Å²) in [7, 11) is 1.80. The minimum atomic E-state index is -0.819. The van der Waals surface area contributed by atoms with Crippen LogP contribution in [-0.4, -0.2) is 34.0 Å². The number of fused-ring (bicyclic) bond motifs is 1. The lowest BCUT2D eigenvalue weighted by atomic mass is 10.1. The third kappa shape index (κ3) is 2.49. The highest BCUT2D eigenvalue weighted by Crippen LogP contribution is 2.23. The number of nitrogens with one attached hydrogen (secondary N) is 1. The van der Waals surface area contributed by atoms with Crippen LogP contribution in [0.25, 0.3) is 10.9 Å². The second kappa shape index (κ2) is 5.00. The summed E-state index contributed by atoms with van der Waals surface area (Å²) in [6.07, 6.45) is 1.89. The standard InChI is InChI=1S/C13H15ClN2O2/c1-8(13(17)18)16(2)7-9-6-15-12-5-10(14)3-4-11(9)12/h3-6,8,15H,7H2,1-2H3,(H,17,18). The van der Waals surface area contributed by atoms with E-state index < -0.39 is 12.0 Å². The lowest BCUT2D eigenvalue weighted by Gasteiger charge is -2.20. The number of rotatable bonds is 4. The van der Waals surface area contributed by atoms with Crippen molar-refractivity contribution in [1.82, 2.24) is 9.88 Å². The molecule has 96 valence electrons. The maximum absolute atomic E-state index is 10.9. The van der Waals surface area contributed by atoms with Gasteiger partial charge in [-0.05, 0) is 31.7 Å². The Morgan fingerprint density at radius 1 is 1.56 bits per heavy atom. The van der Waals surface area contributed by atoms with Gasteiger partial charge in [0, 0.05) is 28.7 Å². The van der Waals surface area contributed by atoms with E-state index in [2.05, 4.69) is 4.98 Å². The molecule has 0 aliphatic rings. The second-order valence-corrected chi connectivity index (χ2v) is 4.87. The fraction of sp³-hybridized carbons (Fsp3) is 0.308. The zero-order valence-electron chi connectivity index (χ0n) is 10.3. The zero-order chi connectivity index (χ0) is 13.3. The van der Waals surface area contributed by atoms with Crippen molar-refractivity contribution in [3.05, 3.63) is 35.0 Å². The summed E-state index contributed by atoms with van der Waals surface area (Å²) in [5.74, 6) is -0.819. The van der Waals surface area contributed by atoms with E-state index in [0.717, 1.165) is 16.5 Å². The molecule has 2 N–H and O–H groups in total. The first-order valence-corrected chi connectivity index (χ1v) is 6.05. The number of H-pyrrole nitrogens is 1. The van der Waals surface area contributed by atoms with Gasteiger partial charge in [0.1, 0.15) is 6.04 Å². The Kier molecular flexibility index (Phi) is 3.59. The highest BCUT2D eigenvalue weighted by molar-refractivity contribution is 6.31. The van der Waals surface area contributed by atoms with E-state index in [0.29, 0.717) is 11.6 Å². The van der Waals surface area contributed by atoms with Gasteiger partial charge in [0.25, 0.3) is 0 Å². The Bertz CT molecular complexity index is 579. The molecule has 0 saturated heterocycles. The van der Waals surface area contributed by atoms with Gasteiger partial charge in [-0.3, -0.25) is 9.69 Å². The minimum absolute atomic E-state index is 0.512. The number of aliphatic carboxylic acids is 1. The van der Waals surface area contributed by atoms with Gasteiger partial charge in [0.15, 0.2) is 0 Å². The molecule has 1 aromatic heterocycles. The number of benzene rings is 1. The van der Waals surface area contributed by atoms with Crippen molar-refractivity contribution < 1.29 is 9.90 Å². The summed E-state index contributed by atoms with van der Waals surface area (Å²) >= 11 is 5.92. The van der Waals surface area contributed by atoms with E-state index in [1.165, 1.54) is 0 Å². The van der Waals surface area contributed by atoms with E-state index in [-0.39, 0.29) is 0 Å². The monoisotopic (exact) mass is 266 g/mol. The van der Waals surface area contributed by atoms with Gasteiger partial charge in [-0.25, -0.2) is 0 Å². The van der Waals surface area contributed by atoms with Crippen LogP contribution in [0.15, 0.2) is 24.4 Å². The van der Waals surface area contributed by atoms with E-state index in [9.17, 15) is 4.79 Å². The highest BCUT2D eigenvalue weighted by atomic mass is 35.5. The summed E-state index contributed by atoms with van der Waals surface area (Å²) < 4.78 is 0. The van der Waals surface area contributed by atoms with Crippen molar-refractivity contribution in [3.63, 3.8) is 0 Å². The smallest absolute Gasteiger partial charge is 0.320 e. The summed E-state index contributed by atoms with van der Waals surface area (Å²) in [6, 6.07) is 5.13. The fourth-order valence-electron chi connectivity index (χ4n) is 1.88. The molecule has 0 aliphatic heterocycles. The third-order valence-electron chi connectivity index (χ3n) is 3.17. The number of hydrogen-bond donors (Lipinski definition) is 2. The molecule has 2 rings (SSSR count). The van der Waals surface area contributed by atoms with E-state index in [1.54, 1.807) is 18.9 Å². The zero-order valence-corrected chi connectivity index (χ0v) is 11.0. The van der Waals surface area contributed by atoms with Crippen LogP contribution >= 0.6 is 11.6 Å². The van der Waals surface area contributed by atoms with E-state index in [1.807, 2.05) is 24.4 Å². The predicted molar refractivity (Wildman–Crippen MR) is 71.9 cm³/mol. The molecule has 5 heteroatoms. The Labute approximate surface area is 110 Å². The van der Waals surface area contributed by atoms with Crippen LogP contribution in [0.4, 0.5) is 0 Å². The van der Waals surface area contributed by atoms with Crippen molar-refractivity contribution in [3.8, 4) is 0 Å². The van der Waals surface area contributed by atoms with Gasteiger partial charge < -0.3 is 10.1 Å². The number of aromatic amines is 1. The average Bonchev–Trinajstić information content (AvgIpc) is 2.70. The number of carbonyl (C=O) groups is 1. The van der Waals surface area contributed by atoms with Crippen molar-refractivity contribution in [1.29, 1.82) is 0 Å². The van der Waals surface area contributed by atoms with Crippen molar-refractivity contribution in [2.24, 2.45) is 0 Å². The van der Waals surface area contributed by atoms with Crippen LogP contribution < -0.4 is 0 Å². The number of halogens is 1. The first kappa shape index (κ1) is 12.9. The molecule has 0 fully saturated rings. The average molecular weight is 267 g/mol. The highest BCUT2D eigenvalue weighted by Gasteiger charge is 2.17. The van der Waals surface area contributed by atoms with Gasteiger partial charge >= 0.3 is 5.97 Å². The first-order chi connectivity index (χ1) is 8.49. The van der Waals surface area contributed by atoms with Gasteiger partial charge in [-0.1, -0.05) is 17.7 Å². The molecule has 0 aliphatic carbocycles. The minimum Gasteiger partial charge on any atom is -0.480 e. The molecule has 1 unspecified atom stereocenters. The molecule has 0 saturated carbocycles. The molecule has 1 heterocycles. The van der Waals surface area contributed by atoms with Gasteiger partial charge in [0.2, 0.25) is 0 Å². The van der Waals surface area contributed by atoms with Crippen molar-refractivity contribution >= 4 is 28.5 Å². The van der Waals surface area contributed by atoms with Gasteiger partial charge in [-0.15, -0.1) is 0 Å². The van der Waals surface area contributed by atoms with Crippen LogP contribution in [-0.2, 0) is 11.3 Å². The first-order valence-electron chi connectivity index (χ1n) is 5.67. The molecular formula is C13H15ClN2O2. The Morgan fingerprint density at radius 3 is 2.94 bits per heavy atom. The molecular weight excluding hydrogens is 252 g/mol. The predicted octanol–water partition coefficient (Wildman–Crippen LogP) is 2.73. The molecule has 0 spiro atoms. The Morgan fingerprint density at radius 2 is 2.28 bits per heavy atom. The van der Waals surface area contributed by atoms with Crippen LogP contribution in [0.2, 0.25) is 5.02 Å². The normalized spacial score (nSPS) is 13.1. The lowest BCUT2D eigenvalue weighted by molar-refractivity contribution is -0.142. The number of carboxylic acids is 1. The van der Waals surface area contributed by atoms with Crippen molar-refractivity contribution in [2.75, 3.05) is 7.05 Å². The van der Waals surface area contributed by atoms with Gasteiger partial charge in [-0.2, -0.15) is 0 Å². The van der Waals surface area contributed by atoms with Crippen LogP contribution in [0.1, 0.15) is 12.5 Å². The third-order valence-corrected chi connectivity index (χ3v) is 3.40. The molecule has 4 nitrogen and oxygen atoms in total. The second-order valence-electron chi connectivity index (χ2n) is 4.43. The molecule has 0 bridgehead atoms. The molecule has 0 radical (unpaired) electrons. The van der Waals surface area contributed by atoms with Crippen molar-refractivity contribution in [2.45, 2.75) is 19.5 Å². The molecule has 1 atom stereocenters. The summed E-state index contributed by atoms with van der Waals surface area (Å²) in [5, 5.41) is 10.7. The maximum atomic E-state index is 10.9.